The third kappa shape index (κ3) is 6.93. The first-order valence-corrected chi connectivity index (χ1v) is 13.0. The van der Waals surface area contributed by atoms with E-state index >= 15 is 0 Å². The highest BCUT2D eigenvalue weighted by Gasteiger charge is 2.35. The molecule has 1 fully saturated rings. The molecule has 1 aliphatic heterocycles. The minimum atomic E-state index is -4.51. The number of alkyl halides is 3. The summed E-state index contributed by atoms with van der Waals surface area (Å²) in [7, 11) is 0. The zero-order chi connectivity index (χ0) is 24.8. The number of hydrogen-bond donors (Lipinski definition) is 0. The lowest BCUT2D eigenvalue weighted by Crippen LogP contribution is -2.40. The van der Waals surface area contributed by atoms with E-state index in [1.807, 2.05) is 6.07 Å². The maximum atomic E-state index is 12.9. The normalized spacial score (nSPS) is 15.0. The molecular weight excluding hydrogens is 473 g/mol. The molecule has 188 valence electrons. The van der Waals surface area contributed by atoms with Gasteiger partial charge in [-0.3, -0.25) is 9.48 Å². The van der Waals surface area contributed by atoms with Crippen molar-refractivity contribution in [2.75, 3.05) is 13.1 Å². The average molecular weight is 505 g/mol. The molecule has 1 saturated heterocycles. The van der Waals surface area contributed by atoms with Crippen LogP contribution in [0.2, 0.25) is 0 Å². The molecule has 35 heavy (non-hydrogen) atoms. The highest BCUT2D eigenvalue weighted by molar-refractivity contribution is 7.09. The highest BCUT2D eigenvalue weighted by atomic mass is 32.1. The number of carbonyl (C=O) groups is 1. The molecule has 0 unspecified atom stereocenters. The van der Waals surface area contributed by atoms with E-state index in [1.54, 1.807) is 16.2 Å². The van der Waals surface area contributed by atoms with Crippen LogP contribution in [-0.4, -0.2) is 38.7 Å². The summed E-state index contributed by atoms with van der Waals surface area (Å²) in [6, 6.07) is 11.5. The molecule has 0 aliphatic carbocycles. The maximum Gasteiger partial charge on any atom is 0.435 e. The minimum Gasteiger partial charge on any atom is -0.341 e. The number of likely N-dealkylation sites (tertiary alicyclic amines) is 1. The van der Waals surface area contributed by atoms with E-state index in [0.717, 1.165) is 53.6 Å². The van der Waals surface area contributed by atoms with Crippen LogP contribution < -0.4 is 0 Å². The molecule has 4 rings (SSSR count). The number of aromatic nitrogens is 3. The third-order valence-electron chi connectivity index (χ3n) is 6.56. The average Bonchev–Trinajstić information content (AvgIpc) is 3.46. The number of carbonyl (C=O) groups excluding carboxylic acids is 1. The Morgan fingerprint density at radius 3 is 2.49 bits per heavy atom. The Hall–Kier alpha value is -2.68. The third-order valence-corrected chi connectivity index (χ3v) is 7.62. The summed E-state index contributed by atoms with van der Waals surface area (Å²) in [6.07, 6.45) is 2.74. The Kier molecular flexibility index (Phi) is 8.26. The Bertz CT molecular complexity index is 1100. The first-order chi connectivity index (χ1) is 16.8. The van der Waals surface area contributed by atoms with Crippen LogP contribution in [0.1, 0.15) is 65.7 Å². The lowest BCUT2D eigenvalue weighted by molar-refractivity contribution is -0.142. The second-order valence-electron chi connectivity index (χ2n) is 9.20. The van der Waals surface area contributed by atoms with Crippen molar-refractivity contribution in [3.05, 3.63) is 69.4 Å². The van der Waals surface area contributed by atoms with E-state index in [1.165, 1.54) is 25.3 Å². The van der Waals surface area contributed by atoms with E-state index in [2.05, 4.69) is 34.7 Å². The van der Waals surface area contributed by atoms with Gasteiger partial charge < -0.3 is 4.90 Å². The van der Waals surface area contributed by atoms with Gasteiger partial charge in [-0.25, -0.2) is 4.98 Å². The molecule has 0 bridgehead atoms. The number of rotatable bonds is 9. The number of benzene rings is 1. The maximum absolute atomic E-state index is 12.9. The number of amides is 1. The molecule has 3 heterocycles. The Morgan fingerprint density at radius 2 is 1.80 bits per heavy atom. The molecule has 3 aromatic rings. The molecule has 1 amide bonds. The van der Waals surface area contributed by atoms with Crippen molar-refractivity contribution in [1.82, 2.24) is 19.7 Å². The monoisotopic (exact) mass is 504 g/mol. The standard InChI is InChI=1S/C26H31F3N4OS/c1-19-16-23(26(27,28)29)31-33(19)17-24(34)32-14-12-21(13-15-32)25-30-22(18-35-25)11-7-3-6-10-20-8-4-2-5-9-20/h2,4-5,8-9,16,18,21H,3,6-7,10-15,17H2,1H3. The fraction of sp³-hybridized carbons (Fsp3) is 0.500. The van der Waals surface area contributed by atoms with E-state index in [-0.39, 0.29) is 12.5 Å². The summed E-state index contributed by atoms with van der Waals surface area (Å²) in [5.74, 6) is 0.137. The van der Waals surface area contributed by atoms with Gasteiger partial charge in [0, 0.05) is 30.1 Å². The van der Waals surface area contributed by atoms with Gasteiger partial charge in [-0.2, -0.15) is 18.3 Å². The summed E-state index contributed by atoms with van der Waals surface area (Å²) in [4.78, 5) is 19.2. The molecule has 0 atom stereocenters. The van der Waals surface area contributed by atoms with Crippen molar-refractivity contribution in [2.24, 2.45) is 0 Å². The quantitative estimate of drug-likeness (QED) is 0.335. The zero-order valence-electron chi connectivity index (χ0n) is 19.9. The van der Waals surface area contributed by atoms with Gasteiger partial charge in [0.2, 0.25) is 5.91 Å². The molecule has 1 aliphatic rings. The van der Waals surface area contributed by atoms with Crippen molar-refractivity contribution < 1.29 is 18.0 Å². The van der Waals surface area contributed by atoms with Crippen molar-refractivity contribution in [3.8, 4) is 0 Å². The molecule has 0 radical (unpaired) electrons. The van der Waals surface area contributed by atoms with Gasteiger partial charge in [-0.15, -0.1) is 11.3 Å². The van der Waals surface area contributed by atoms with Crippen molar-refractivity contribution in [2.45, 2.75) is 70.5 Å². The van der Waals surface area contributed by atoms with E-state index in [4.69, 9.17) is 4.98 Å². The molecule has 0 saturated carbocycles. The van der Waals surface area contributed by atoms with Crippen LogP contribution in [0, 0.1) is 6.92 Å². The van der Waals surface area contributed by atoms with Crippen LogP contribution in [0.15, 0.2) is 41.8 Å². The number of hydrogen-bond acceptors (Lipinski definition) is 4. The van der Waals surface area contributed by atoms with Gasteiger partial charge in [0.1, 0.15) is 6.54 Å². The van der Waals surface area contributed by atoms with Gasteiger partial charge in [0.05, 0.1) is 10.7 Å². The van der Waals surface area contributed by atoms with Gasteiger partial charge in [-0.05, 0) is 57.1 Å². The van der Waals surface area contributed by atoms with Crippen LogP contribution in [0.4, 0.5) is 13.2 Å². The number of nitrogens with zero attached hydrogens (tertiary/aromatic N) is 4. The minimum absolute atomic E-state index is 0.168. The number of unbranched alkanes of at least 4 members (excludes halogenated alkanes) is 2. The lowest BCUT2D eigenvalue weighted by atomic mass is 9.97. The van der Waals surface area contributed by atoms with Crippen molar-refractivity contribution >= 4 is 17.2 Å². The van der Waals surface area contributed by atoms with E-state index in [9.17, 15) is 18.0 Å². The van der Waals surface area contributed by atoms with E-state index in [0.29, 0.717) is 24.7 Å². The first kappa shape index (κ1) is 25.4. The van der Waals surface area contributed by atoms with Gasteiger partial charge in [-0.1, -0.05) is 36.8 Å². The number of piperidine rings is 1. The Morgan fingerprint density at radius 1 is 1.09 bits per heavy atom. The Balaban J connectivity index is 1.19. The largest absolute Gasteiger partial charge is 0.435 e. The van der Waals surface area contributed by atoms with Gasteiger partial charge >= 0.3 is 6.18 Å². The van der Waals surface area contributed by atoms with Gasteiger partial charge in [0.15, 0.2) is 5.69 Å². The summed E-state index contributed by atoms with van der Waals surface area (Å²) in [5, 5.41) is 6.86. The topological polar surface area (TPSA) is 51.0 Å². The second-order valence-corrected chi connectivity index (χ2v) is 10.1. The summed E-state index contributed by atoms with van der Waals surface area (Å²) >= 11 is 1.70. The van der Waals surface area contributed by atoms with Crippen LogP contribution in [0.5, 0.6) is 0 Å². The predicted octanol–water partition coefficient (Wildman–Crippen LogP) is 6.03. The molecule has 0 N–H and O–H groups in total. The number of halogens is 3. The molecule has 5 nitrogen and oxygen atoms in total. The van der Waals surface area contributed by atoms with Crippen molar-refractivity contribution in [3.63, 3.8) is 0 Å². The zero-order valence-corrected chi connectivity index (χ0v) is 20.7. The molecule has 2 aromatic heterocycles. The fourth-order valence-electron chi connectivity index (χ4n) is 4.49. The van der Waals surface area contributed by atoms with Crippen LogP contribution >= 0.6 is 11.3 Å². The van der Waals surface area contributed by atoms with E-state index < -0.39 is 11.9 Å². The van der Waals surface area contributed by atoms with Crippen molar-refractivity contribution in [1.29, 1.82) is 0 Å². The Labute approximate surface area is 208 Å². The molecule has 9 heteroatoms. The molecule has 0 spiro atoms. The smallest absolute Gasteiger partial charge is 0.341 e. The second kappa shape index (κ2) is 11.4. The lowest BCUT2D eigenvalue weighted by Gasteiger charge is -2.31. The van der Waals surface area contributed by atoms with Crippen LogP contribution in [-0.2, 0) is 30.4 Å². The summed E-state index contributed by atoms with van der Waals surface area (Å²) in [6.45, 7) is 2.54. The predicted molar refractivity (Wildman–Crippen MR) is 130 cm³/mol. The molecular formula is C26H31F3N4OS. The fourth-order valence-corrected chi connectivity index (χ4v) is 5.52. The first-order valence-electron chi connectivity index (χ1n) is 12.2. The number of thiazole rings is 1. The number of aryl methyl sites for hydroxylation is 3. The summed E-state index contributed by atoms with van der Waals surface area (Å²) < 4.78 is 39.8. The van der Waals surface area contributed by atoms with Crippen LogP contribution in [0.25, 0.3) is 0 Å². The summed E-state index contributed by atoms with van der Waals surface area (Å²) in [5.41, 5.74) is 1.91. The van der Waals surface area contributed by atoms with Gasteiger partial charge in [0.25, 0.3) is 0 Å². The SMILES string of the molecule is Cc1cc(C(F)(F)F)nn1CC(=O)N1CCC(c2nc(CCCCCc3ccccc3)cs2)CC1. The highest BCUT2D eigenvalue weighted by Crippen LogP contribution is 2.31. The van der Waals surface area contributed by atoms with Crippen LogP contribution in [0.3, 0.4) is 0 Å². The molecule has 1 aromatic carbocycles.